The highest BCUT2D eigenvalue weighted by molar-refractivity contribution is 6.03. The molecule has 174 valence electrons. The number of fused-ring (bicyclic) bond motifs is 4. The van der Waals surface area contributed by atoms with Gasteiger partial charge in [-0.15, -0.1) is 0 Å². The molecule has 0 aliphatic carbocycles. The molecule has 0 bridgehead atoms. The molecule has 9 nitrogen and oxygen atoms in total. The maximum Gasteiger partial charge on any atom is 0.435 e. The van der Waals surface area contributed by atoms with Crippen LogP contribution < -0.4 is 10.5 Å². The summed E-state index contributed by atoms with van der Waals surface area (Å²) in [4.78, 5) is 32.4. The van der Waals surface area contributed by atoms with Crippen molar-refractivity contribution in [3.05, 3.63) is 54.1 Å². The second-order valence-electron chi connectivity index (χ2n) is 9.78. The number of aromatic nitrogens is 4. The molecule has 0 radical (unpaired) electrons. The Balaban J connectivity index is 1.69. The van der Waals surface area contributed by atoms with Crippen molar-refractivity contribution < 1.29 is 19.1 Å². The van der Waals surface area contributed by atoms with Crippen molar-refractivity contribution in [2.24, 2.45) is 5.73 Å². The van der Waals surface area contributed by atoms with Crippen LogP contribution in [0.2, 0.25) is 0 Å². The fraction of sp³-hybridized carbons (Fsp3) is 0.280. The minimum absolute atomic E-state index is 0.283. The molecule has 4 heterocycles. The minimum Gasteiger partial charge on any atom is -0.481 e. The SMILES string of the molecule is CC(C)(C)OC(=O)n1ncc2cc(-c3c(C(N)=O)[nH]c4c3C(C)(C)Oc3cnccc3-4)ccc21. The van der Waals surface area contributed by atoms with Crippen LogP contribution in [0.25, 0.3) is 33.3 Å². The van der Waals surface area contributed by atoms with Gasteiger partial charge in [-0.3, -0.25) is 9.78 Å². The Morgan fingerprint density at radius 2 is 1.94 bits per heavy atom. The third-order valence-corrected chi connectivity index (χ3v) is 5.69. The number of carbonyl (C=O) groups excluding carboxylic acids is 2. The van der Waals surface area contributed by atoms with Crippen molar-refractivity contribution in [3.8, 4) is 28.1 Å². The van der Waals surface area contributed by atoms with Crippen molar-refractivity contribution in [3.63, 3.8) is 0 Å². The average Bonchev–Trinajstić information content (AvgIpc) is 3.34. The summed E-state index contributed by atoms with van der Waals surface area (Å²) in [7, 11) is 0. The smallest absolute Gasteiger partial charge is 0.435 e. The summed E-state index contributed by atoms with van der Waals surface area (Å²) in [5.41, 5.74) is 9.04. The summed E-state index contributed by atoms with van der Waals surface area (Å²) in [5.74, 6) is 0.0401. The van der Waals surface area contributed by atoms with E-state index in [4.69, 9.17) is 15.2 Å². The van der Waals surface area contributed by atoms with E-state index < -0.39 is 23.2 Å². The quantitative estimate of drug-likeness (QED) is 0.451. The van der Waals surface area contributed by atoms with E-state index in [0.717, 1.165) is 22.4 Å². The number of carbonyl (C=O) groups is 2. The Morgan fingerprint density at radius 3 is 2.65 bits per heavy atom. The third-order valence-electron chi connectivity index (χ3n) is 5.69. The van der Waals surface area contributed by atoms with Gasteiger partial charge in [0.25, 0.3) is 5.91 Å². The van der Waals surface area contributed by atoms with Gasteiger partial charge < -0.3 is 20.2 Å². The van der Waals surface area contributed by atoms with Crippen LogP contribution in [0.3, 0.4) is 0 Å². The summed E-state index contributed by atoms with van der Waals surface area (Å²) in [5, 5.41) is 4.93. The predicted octanol–water partition coefficient (Wildman–Crippen LogP) is 4.60. The van der Waals surface area contributed by atoms with Gasteiger partial charge in [0.05, 0.1) is 23.6 Å². The number of H-pyrrole nitrogens is 1. The molecule has 0 unspecified atom stereocenters. The van der Waals surface area contributed by atoms with E-state index in [1.165, 1.54) is 4.68 Å². The van der Waals surface area contributed by atoms with Crippen LogP contribution >= 0.6 is 0 Å². The van der Waals surface area contributed by atoms with Crippen LogP contribution in [0.15, 0.2) is 42.9 Å². The Kier molecular flexibility index (Phi) is 4.58. The number of nitrogens with one attached hydrogen (secondary N) is 1. The molecule has 34 heavy (non-hydrogen) atoms. The molecule has 0 saturated heterocycles. The summed E-state index contributed by atoms with van der Waals surface area (Å²) in [6, 6.07) is 7.32. The monoisotopic (exact) mass is 459 g/mol. The van der Waals surface area contributed by atoms with Gasteiger partial charge in [0, 0.05) is 28.3 Å². The number of aromatic amines is 1. The normalized spacial score (nSPS) is 14.3. The Labute approximate surface area is 195 Å². The third kappa shape index (κ3) is 3.40. The van der Waals surface area contributed by atoms with Crippen molar-refractivity contribution in [1.82, 2.24) is 19.7 Å². The molecule has 3 N–H and O–H groups in total. The highest BCUT2D eigenvalue weighted by atomic mass is 16.6. The first-order valence-electron chi connectivity index (χ1n) is 10.9. The van der Waals surface area contributed by atoms with E-state index in [0.29, 0.717) is 22.2 Å². The van der Waals surface area contributed by atoms with Crippen LogP contribution in [0, 0.1) is 0 Å². The molecule has 4 aromatic rings. The number of rotatable bonds is 2. The van der Waals surface area contributed by atoms with Crippen molar-refractivity contribution in [2.45, 2.75) is 45.8 Å². The van der Waals surface area contributed by atoms with Crippen LogP contribution in [0.5, 0.6) is 5.75 Å². The molecule has 1 amide bonds. The van der Waals surface area contributed by atoms with Gasteiger partial charge in [-0.05, 0) is 58.4 Å². The molecule has 1 aromatic carbocycles. The van der Waals surface area contributed by atoms with Gasteiger partial charge in [0.2, 0.25) is 0 Å². The van der Waals surface area contributed by atoms with Gasteiger partial charge >= 0.3 is 6.09 Å². The topological polar surface area (TPSA) is 125 Å². The second kappa shape index (κ2) is 7.18. The van der Waals surface area contributed by atoms with E-state index in [1.807, 2.05) is 32.0 Å². The minimum atomic E-state index is -0.763. The standard InChI is InChI=1S/C25H25N5O4/c1-24(2,3)34-23(32)30-16-7-6-13(10-14(16)11-28-30)18-19-20(29-21(18)22(26)31)15-8-9-27-12-17(15)33-25(19,4)5/h6-12,29H,1-5H3,(H2,26,31). The molecule has 1 aliphatic rings. The number of ether oxygens (including phenoxy) is 2. The van der Waals surface area contributed by atoms with Gasteiger partial charge in [-0.2, -0.15) is 9.78 Å². The number of primary amides is 1. The van der Waals surface area contributed by atoms with E-state index in [-0.39, 0.29) is 5.69 Å². The molecular formula is C25H25N5O4. The zero-order chi connectivity index (χ0) is 24.4. The number of pyridine rings is 1. The van der Waals surface area contributed by atoms with Crippen LogP contribution in [0.4, 0.5) is 4.79 Å². The lowest BCUT2D eigenvalue weighted by Gasteiger charge is -2.33. The van der Waals surface area contributed by atoms with Gasteiger partial charge in [-0.1, -0.05) is 6.07 Å². The fourth-order valence-electron chi connectivity index (χ4n) is 4.41. The number of nitrogens with zero attached hydrogens (tertiary/aromatic N) is 3. The highest BCUT2D eigenvalue weighted by Crippen LogP contribution is 2.49. The molecule has 5 rings (SSSR count). The molecule has 0 atom stereocenters. The Hall–Kier alpha value is -4.14. The lowest BCUT2D eigenvalue weighted by Crippen LogP contribution is -2.29. The fourth-order valence-corrected chi connectivity index (χ4v) is 4.41. The number of hydrogen-bond acceptors (Lipinski definition) is 6. The number of benzene rings is 1. The van der Waals surface area contributed by atoms with Crippen LogP contribution in [-0.4, -0.2) is 37.3 Å². The van der Waals surface area contributed by atoms with Crippen LogP contribution in [0.1, 0.15) is 50.7 Å². The van der Waals surface area contributed by atoms with E-state index in [2.05, 4.69) is 15.1 Å². The van der Waals surface area contributed by atoms with Crippen molar-refractivity contribution in [1.29, 1.82) is 0 Å². The number of nitrogens with two attached hydrogens (primary N) is 1. The Bertz CT molecular complexity index is 1470. The summed E-state index contributed by atoms with van der Waals surface area (Å²) in [6.07, 6.45) is 4.36. The van der Waals surface area contributed by atoms with Gasteiger partial charge in [0.1, 0.15) is 22.6 Å². The predicted molar refractivity (Wildman–Crippen MR) is 127 cm³/mol. The van der Waals surface area contributed by atoms with Gasteiger partial charge in [-0.25, -0.2) is 4.79 Å². The molecule has 1 aliphatic heterocycles. The summed E-state index contributed by atoms with van der Waals surface area (Å²) >= 11 is 0. The number of amides is 1. The summed E-state index contributed by atoms with van der Waals surface area (Å²) in [6.45, 7) is 9.26. The zero-order valence-corrected chi connectivity index (χ0v) is 19.6. The van der Waals surface area contributed by atoms with Gasteiger partial charge in [0.15, 0.2) is 0 Å². The van der Waals surface area contributed by atoms with Crippen molar-refractivity contribution >= 4 is 22.9 Å². The van der Waals surface area contributed by atoms with E-state index >= 15 is 0 Å². The molecular weight excluding hydrogens is 434 g/mol. The zero-order valence-electron chi connectivity index (χ0n) is 19.6. The maximum absolute atomic E-state index is 12.6. The second-order valence-corrected chi connectivity index (χ2v) is 9.78. The lowest BCUT2D eigenvalue weighted by atomic mass is 9.85. The molecule has 0 spiro atoms. The summed E-state index contributed by atoms with van der Waals surface area (Å²) < 4.78 is 12.9. The highest BCUT2D eigenvalue weighted by Gasteiger charge is 2.39. The molecule has 0 fully saturated rings. The molecule has 3 aromatic heterocycles. The first-order valence-corrected chi connectivity index (χ1v) is 10.9. The first-order chi connectivity index (χ1) is 16.0. The lowest BCUT2D eigenvalue weighted by molar-refractivity contribution is 0.0522. The Morgan fingerprint density at radius 1 is 1.18 bits per heavy atom. The van der Waals surface area contributed by atoms with Crippen molar-refractivity contribution in [2.75, 3.05) is 0 Å². The average molecular weight is 460 g/mol. The largest absolute Gasteiger partial charge is 0.481 e. The first kappa shape index (κ1) is 21.7. The van der Waals surface area contributed by atoms with E-state index in [1.54, 1.807) is 45.4 Å². The maximum atomic E-state index is 12.6. The number of hydrogen-bond donors (Lipinski definition) is 2. The molecule has 0 saturated carbocycles. The molecule has 9 heteroatoms. The van der Waals surface area contributed by atoms with E-state index in [9.17, 15) is 9.59 Å². The van der Waals surface area contributed by atoms with Crippen LogP contribution in [-0.2, 0) is 10.3 Å².